The topological polar surface area (TPSA) is 77.2 Å². The summed E-state index contributed by atoms with van der Waals surface area (Å²) >= 11 is 1.41. The minimum atomic E-state index is -0.107. The molecule has 1 heterocycles. The molecular formula is C13H15N3O2S. The van der Waals surface area contributed by atoms with Crippen LogP contribution in [0.3, 0.4) is 0 Å². The zero-order chi connectivity index (χ0) is 13.7. The van der Waals surface area contributed by atoms with Gasteiger partial charge in [-0.05, 0) is 31.2 Å². The molecule has 100 valence electrons. The molecule has 1 amide bonds. The Kier molecular flexibility index (Phi) is 4.35. The third kappa shape index (κ3) is 4.26. The van der Waals surface area contributed by atoms with E-state index in [1.807, 2.05) is 12.3 Å². The first-order valence-corrected chi connectivity index (χ1v) is 6.72. The van der Waals surface area contributed by atoms with Crippen molar-refractivity contribution in [2.75, 3.05) is 17.7 Å². The molecular weight excluding hydrogens is 262 g/mol. The van der Waals surface area contributed by atoms with Crippen LogP contribution < -0.4 is 15.8 Å². The standard InChI is InChI=1S/C13H15N3O2S/c1-9-8-19-13(15-9)16-12(17)6-7-18-11-4-2-10(14)3-5-11/h2-5,8H,6-7,14H2,1H3,(H,15,16,17). The van der Waals surface area contributed by atoms with Crippen LogP contribution >= 0.6 is 11.3 Å². The highest BCUT2D eigenvalue weighted by Crippen LogP contribution is 2.15. The summed E-state index contributed by atoms with van der Waals surface area (Å²) in [5, 5.41) is 5.24. The van der Waals surface area contributed by atoms with E-state index in [1.54, 1.807) is 24.3 Å². The van der Waals surface area contributed by atoms with E-state index in [4.69, 9.17) is 10.5 Å². The third-order valence-corrected chi connectivity index (χ3v) is 3.22. The Balaban J connectivity index is 1.73. The number of nitrogens with zero attached hydrogens (tertiary/aromatic N) is 1. The molecule has 0 unspecified atom stereocenters. The Bertz CT molecular complexity index is 551. The molecule has 0 aliphatic heterocycles. The number of amides is 1. The van der Waals surface area contributed by atoms with Crippen molar-refractivity contribution in [1.82, 2.24) is 4.98 Å². The molecule has 0 saturated heterocycles. The van der Waals surface area contributed by atoms with Gasteiger partial charge in [-0.2, -0.15) is 0 Å². The molecule has 5 nitrogen and oxygen atoms in total. The van der Waals surface area contributed by atoms with Gasteiger partial charge in [-0.1, -0.05) is 0 Å². The van der Waals surface area contributed by atoms with E-state index in [1.165, 1.54) is 11.3 Å². The first-order chi connectivity index (χ1) is 9.13. The summed E-state index contributed by atoms with van der Waals surface area (Å²) in [6, 6.07) is 7.07. The lowest BCUT2D eigenvalue weighted by Gasteiger charge is -2.06. The second-order valence-corrected chi connectivity index (χ2v) is 4.87. The van der Waals surface area contributed by atoms with Gasteiger partial charge in [-0.25, -0.2) is 4.98 Å². The first-order valence-electron chi connectivity index (χ1n) is 5.84. The summed E-state index contributed by atoms with van der Waals surface area (Å²) in [6.45, 7) is 2.20. The summed E-state index contributed by atoms with van der Waals surface area (Å²) in [5.74, 6) is 0.594. The Morgan fingerprint density at radius 3 is 2.79 bits per heavy atom. The molecule has 0 aliphatic carbocycles. The molecule has 2 aromatic rings. The van der Waals surface area contributed by atoms with E-state index in [2.05, 4.69) is 10.3 Å². The number of aryl methyl sites for hydroxylation is 1. The summed E-state index contributed by atoms with van der Waals surface area (Å²) in [4.78, 5) is 15.8. The average Bonchev–Trinajstić information content (AvgIpc) is 2.77. The zero-order valence-electron chi connectivity index (χ0n) is 10.6. The van der Waals surface area contributed by atoms with Gasteiger partial charge in [0.25, 0.3) is 0 Å². The van der Waals surface area contributed by atoms with Crippen molar-refractivity contribution >= 4 is 28.1 Å². The third-order valence-electron chi connectivity index (χ3n) is 2.34. The van der Waals surface area contributed by atoms with E-state index < -0.39 is 0 Å². The molecule has 1 aromatic heterocycles. The summed E-state index contributed by atoms with van der Waals surface area (Å²) < 4.78 is 5.44. The van der Waals surface area contributed by atoms with Crippen LogP contribution in [0, 0.1) is 6.92 Å². The maximum Gasteiger partial charge on any atom is 0.229 e. The second-order valence-electron chi connectivity index (χ2n) is 4.01. The van der Waals surface area contributed by atoms with Gasteiger partial charge in [0.05, 0.1) is 18.7 Å². The predicted molar refractivity (Wildman–Crippen MR) is 76.4 cm³/mol. The fraction of sp³-hybridized carbons (Fsp3) is 0.231. The van der Waals surface area contributed by atoms with E-state index >= 15 is 0 Å². The molecule has 6 heteroatoms. The van der Waals surface area contributed by atoms with E-state index in [-0.39, 0.29) is 12.3 Å². The summed E-state index contributed by atoms with van der Waals surface area (Å²) in [7, 11) is 0. The summed E-state index contributed by atoms with van der Waals surface area (Å²) in [5.41, 5.74) is 7.15. The van der Waals surface area contributed by atoms with Crippen LogP contribution in [0.15, 0.2) is 29.6 Å². The minimum absolute atomic E-state index is 0.107. The number of aromatic nitrogens is 1. The van der Waals surface area contributed by atoms with Crippen molar-refractivity contribution in [3.05, 3.63) is 35.3 Å². The largest absolute Gasteiger partial charge is 0.493 e. The molecule has 2 rings (SSSR count). The van der Waals surface area contributed by atoms with Crippen LogP contribution in [0.2, 0.25) is 0 Å². The lowest BCUT2D eigenvalue weighted by Crippen LogP contribution is -2.15. The van der Waals surface area contributed by atoms with Gasteiger partial charge in [-0.3, -0.25) is 4.79 Å². The Morgan fingerprint density at radius 2 is 2.16 bits per heavy atom. The highest BCUT2D eigenvalue weighted by atomic mass is 32.1. The normalized spacial score (nSPS) is 10.2. The highest BCUT2D eigenvalue weighted by molar-refractivity contribution is 7.13. The van der Waals surface area contributed by atoms with Crippen molar-refractivity contribution in [2.24, 2.45) is 0 Å². The Labute approximate surface area is 115 Å². The van der Waals surface area contributed by atoms with E-state index in [0.717, 1.165) is 5.69 Å². The highest BCUT2D eigenvalue weighted by Gasteiger charge is 2.05. The summed E-state index contributed by atoms with van der Waals surface area (Å²) in [6.07, 6.45) is 0.281. The van der Waals surface area contributed by atoms with Crippen LogP contribution in [0.1, 0.15) is 12.1 Å². The van der Waals surface area contributed by atoms with Gasteiger partial charge < -0.3 is 15.8 Å². The van der Waals surface area contributed by atoms with Crippen molar-refractivity contribution in [1.29, 1.82) is 0 Å². The van der Waals surface area contributed by atoms with Gasteiger partial charge in [0, 0.05) is 11.1 Å². The Morgan fingerprint density at radius 1 is 1.42 bits per heavy atom. The number of rotatable bonds is 5. The van der Waals surface area contributed by atoms with Gasteiger partial charge in [0.2, 0.25) is 5.91 Å². The maximum atomic E-state index is 11.6. The lowest BCUT2D eigenvalue weighted by atomic mass is 10.3. The average molecular weight is 277 g/mol. The van der Waals surface area contributed by atoms with Crippen molar-refractivity contribution < 1.29 is 9.53 Å². The number of thiazole rings is 1. The van der Waals surface area contributed by atoms with Gasteiger partial charge in [0.1, 0.15) is 5.75 Å². The van der Waals surface area contributed by atoms with Gasteiger partial charge >= 0.3 is 0 Å². The van der Waals surface area contributed by atoms with Crippen LogP contribution in [0.4, 0.5) is 10.8 Å². The molecule has 0 bridgehead atoms. The lowest BCUT2D eigenvalue weighted by molar-refractivity contribution is -0.116. The fourth-order valence-corrected chi connectivity index (χ4v) is 2.12. The number of nitrogen functional groups attached to an aromatic ring is 1. The quantitative estimate of drug-likeness (QED) is 0.823. The van der Waals surface area contributed by atoms with Crippen molar-refractivity contribution in [3.8, 4) is 5.75 Å². The second kappa shape index (κ2) is 6.19. The first kappa shape index (κ1) is 13.4. The molecule has 0 fully saturated rings. The number of benzene rings is 1. The molecule has 0 spiro atoms. The number of nitrogens with one attached hydrogen (secondary N) is 1. The van der Waals surface area contributed by atoms with Crippen LogP contribution in [-0.4, -0.2) is 17.5 Å². The number of hydrogen-bond donors (Lipinski definition) is 2. The van der Waals surface area contributed by atoms with Gasteiger partial charge in [-0.15, -0.1) is 11.3 Å². The number of anilines is 2. The zero-order valence-corrected chi connectivity index (χ0v) is 11.4. The number of ether oxygens (including phenoxy) is 1. The number of carbonyl (C=O) groups is 1. The maximum absolute atomic E-state index is 11.6. The molecule has 0 radical (unpaired) electrons. The van der Waals surface area contributed by atoms with Crippen LogP contribution in [0.5, 0.6) is 5.75 Å². The number of hydrogen-bond acceptors (Lipinski definition) is 5. The van der Waals surface area contributed by atoms with E-state index in [9.17, 15) is 4.79 Å². The fourth-order valence-electron chi connectivity index (χ4n) is 1.42. The van der Waals surface area contributed by atoms with Crippen LogP contribution in [-0.2, 0) is 4.79 Å². The van der Waals surface area contributed by atoms with E-state index in [0.29, 0.717) is 23.2 Å². The molecule has 1 aromatic carbocycles. The molecule has 19 heavy (non-hydrogen) atoms. The van der Waals surface area contributed by atoms with Crippen LogP contribution in [0.25, 0.3) is 0 Å². The van der Waals surface area contributed by atoms with Crippen molar-refractivity contribution in [2.45, 2.75) is 13.3 Å². The molecule has 0 atom stereocenters. The predicted octanol–water partition coefficient (Wildman–Crippen LogP) is 2.44. The number of nitrogens with two attached hydrogens (primary N) is 1. The smallest absolute Gasteiger partial charge is 0.229 e. The number of carbonyl (C=O) groups excluding carboxylic acids is 1. The molecule has 0 aliphatic rings. The monoisotopic (exact) mass is 277 g/mol. The van der Waals surface area contributed by atoms with Gasteiger partial charge in [0.15, 0.2) is 5.13 Å². The Hall–Kier alpha value is -2.08. The SMILES string of the molecule is Cc1csc(NC(=O)CCOc2ccc(N)cc2)n1. The van der Waals surface area contributed by atoms with Crippen molar-refractivity contribution in [3.63, 3.8) is 0 Å². The molecule has 0 saturated carbocycles. The molecule has 3 N–H and O–H groups in total. The minimum Gasteiger partial charge on any atom is -0.493 e.